The largest absolute Gasteiger partial charge is 0.486 e. The quantitative estimate of drug-likeness (QED) is 0.752. The molecule has 5 heteroatoms. The zero-order valence-corrected chi connectivity index (χ0v) is 11.4. The fourth-order valence-corrected chi connectivity index (χ4v) is 1.99. The molecule has 1 heterocycles. The summed E-state index contributed by atoms with van der Waals surface area (Å²) in [6.07, 6.45) is 0. The van der Waals surface area contributed by atoms with Crippen molar-refractivity contribution in [2.24, 2.45) is 5.73 Å². The number of H-pyrrole nitrogens is 1. The van der Waals surface area contributed by atoms with E-state index >= 15 is 0 Å². The molecule has 0 amide bonds. The van der Waals surface area contributed by atoms with Gasteiger partial charge in [0.05, 0.1) is 6.04 Å². The summed E-state index contributed by atoms with van der Waals surface area (Å²) in [7, 11) is 0. The molecule has 2 aromatic carbocycles. The van der Waals surface area contributed by atoms with E-state index in [4.69, 9.17) is 10.5 Å². The highest BCUT2D eigenvalue weighted by Crippen LogP contribution is 2.16. The maximum Gasteiger partial charge on any atom is 0.172 e. The molecular weight excluding hydrogens is 264 g/mol. The zero-order chi connectivity index (χ0) is 14.5. The van der Waals surface area contributed by atoms with Gasteiger partial charge in [0, 0.05) is 0 Å². The maximum absolute atomic E-state index is 6.15. The van der Waals surface area contributed by atoms with Gasteiger partial charge in [-0.15, -0.1) is 0 Å². The number of hydrogen-bond donors (Lipinski definition) is 2. The molecule has 3 N–H and O–H groups in total. The Morgan fingerprint density at radius 2 is 1.67 bits per heavy atom. The van der Waals surface area contributed by atoms with Gasteiger partial charge in [-0.1, -0.05) is 48.5 Å². The Hall–Kier alpha value is -2.66. The zero-order valence-electron chi connectivity index (χ0n) is 11.4. The maximum atomic E-state index is 6.15. The first-order chi connectivity index (χ1) is 10.3. The van der Waals surface area contributed by atoms with Gasteiger partial charge in [0.25, 0.3) is 0 Å². The summed E-state index contributed by atoms with van der Waals surface area (Å²) in [5, 5.41) is 7.02. The van der Waals surface area contributed by atoms with Crippen molar-refractivity contribution >= 4 is 0 Å². The van der Waals surface area contributed by atoms with Crippen molar-refractivity contribution in [1.82, 2.24) is 15.2 Å². The summed E-state index contributed by atoms with van der Waals surface area (Å²) in [5.74, 6) is 2.01. The molecule has 1 aromatic heterocycles. The molecule has 0 aliphatic heterocycles. The van der Waals surface area contributed by atoms with Gasteiger partial charge in [0.15, 0.2) is 11.6 Å². The number of nitrogens with zero attached hydrogens (tertiary/aromatic N) is 2. The van der Waals surface area contributed by atoms with Gasteiger partial charge >= 0.3 is 0 Å². The third-order valence-electron chi connectivity index (χ3n) is 3.10. The molecule has 5 nitrogen and oxygen atoms in total. The third kappa shape index (κ3) is 3.27. The minimum atomic E-state index is -0.340. The van der Waals surface area contributed by atoms with Crippen LogP contribution in [0.1, 0.15) is 23.3 Å². The molecule has 0 saturated carbocycles. The topological polar surface area (TPSA) is 76.8 Å². The summed E-state index contributed by atoms with van der Waals surface area (Å²) < 4.78 is 5.62. The lowest BCUT2D eigenvalue weighted by Crippen LogP contribution is -2.13. The molecule has 0 unspecified atom stereocenters. The van der Waals surface area contributed by atoms with Crippen LogP contribution in [0.3, 0.4) is 0 Å². The summed E-state index contributed by atoms with van der Waals surface area (Å²) in [4.78, 5) is 4.38. The molecule has 3 rings (SSSR count). The second-order valence-electron chi connectivity index (χ2n) is 4.63. The van der Waals surface area contributed by atoms with E-state index in [2.05, 4.69) is 15.2 Å². The lowest BCUT2D eigenvalue weighted by Gasteiger charge is -2.06. The molecule has 0 spiro atoms. The number of nitrogens with two attached hydrogens (primary N) is 1. The van der Waals surface area contributed by atoms with Crippen LogP contribution in [0.5, 0.6) is 5.75 Å². The van der Waals surface area contributed by atoms with Gasteiger partial charge in [0.2, 0.25) is 0 Å². The third-order valence-corrected chi connectivity index (χ3v) is 3.10. The van der Waals surface area contributed by atoms with E-state index in [0.29, 0.717) is 18.3 Å². The first-order valence-electron chi connectivity index (χ1n) is 6.72. The average Bonchev–Trinajstić information content (AvgIpc) is 3.03. The lowest BCUT2D eigenvalue weighted by atomic mass is 10.1. The minimum Gasteiger partial charge on any atom is -0.486 e. The van der Waals surface area contributed by atoms with Gasteiger partial charge < -0.3 is 10.5 Å². The summed E-state index contributed by atoms with van der Waals surface area (Å²) in [5.41, 5.74) is 7.13. The number of hydrogen-bond acceptors (Lipinski definition) is 4. The Morgan fingerprint density at radius 1 is 1.00 bits per heavy atom. The average molecular weight is 280 g/mol. The standard InChI is InChI=1S/C16H16N4O/c17-15(12-7-3-1-4-8-12)16-18-14(19-20-16)11-21-13-9-5-2-6-10-13/h1-10,15H,11,17H2,(H,18,19,20)/t15-/m1/s1. The van der Waals surface area contributed by atoms with Crippen LogP contribution in [0.4, 0.5) is 0 Å². The molecule has 0 saturated heterocycles. The van der Waals surface area contributed by atoms with Gasteiger partial charge in [-0.25, -0.2) is 4.98 Å². The Bertz CT molecular complexity index is 682. The Kier molecular flexibility index (Phi) is 3.93. The highest BCUT2D eigenvalue weighted by atomic mass is 16.5. The first kappa shape index (κ1) is 13.3. The second kappa shape index (κ2) is 6.19. The first-order valence-corrected chi connectivity index (χ1v) is 6.72. The fourth-order valence-electron chi connectivity index (χ4n) is 1.99. The highest BCUT2D eigenvalue weighted by molar-refractivity contribution is 5.24. The second-order valence-corrected chi connectivity index (χ2v) is 4.63. The van der Waals surface area contributed by atoms with E-state index in [9.17, 15) is 0 Å². The van der Waals surface area contributed by atoms with Crippen molar-refractivity contribution in [2.45, 2.75) is 12.6 Å². The van der Waals surface area contributed by atoms with Crippen LogP contribution in [0.25, 0.3) is 0 Å². The van der Waals surface area contributed by atoms with Crippen LogP contribution in [-0.4, -0.2) is 15.2 Å². The van der Waals surface area contributed by atoms with E-state index in [1.807, 2.05) is 60.7 Å². The Labute approximate surface area is 122 Å². The van der Waals surface area contributed by atoms with Crippen LogP contribution < -0.4 is 10.5 Å². The Morgan fingerprint density at radius 3 is 2.38 bits per heavy atom. The van der Waals surface area contributed by atoms with Crippen molar-refractivity contribution in [2.75, 3.05) is 0 Å². The van der Waals surface area contributed by atoms with Gasteiger partial charge in [-0.2, -0.15) is 5.10 Å². The SMILES string of the molecule is N[C@H](c1ccccc1)c1n[nH]c(COc2ccccc2)n1. The van der Waals surface area contributed by atoms with Crippen LogP contribution in [0.15, 0.2) is 60.7 Å². The number of rotatable bonds is 5. The number of nitrogens with one attached hydrogen (secondary N) is 1. The van der Waals surface area contributed by atoms with Crippen LogP contribution in [0, 0.1) is 0 Å². The van der Waals surface area contributed by atoms with Crippen molar-refractivity contribution in [1.29, 1.82) is 0 Å². The van der Waals surface area contributed by atoms with Gasteiger partial charge in [0.1, 0.15) is 12.4 Å². The lowest BCUT2D eigenvalue weighted by molar-refractivity contribution is 0.296. The monoisotopic (exact) mass is 280 g/mol. The molecule has 3 aromatic rings. The molecule has 0 aliphatic rings. The molecule has 0 radical (unpaired) electrons. The summed E-state index contributed by atoms with van der Waals surface area (Å²) >= 11 is 0. The molecule has 1 atom stereocenters. The molecule has 106 valence electrons. The molecule has 0 bridgehead atoms. The molecule has 0 aliphatic carbocycles. The van der Waals surface area contributed by atoms with Gasteiger partial charge in [-0.05, 0) is 17.7 Å². The number of benzene rings is 2. The number of para-hydroxylation sites is 1. The highest BCUT2D eigenvalue weighted by Gasteiger charge is 2.14. The van der Waals surface area contributed by atoms with Crippen molar-refractivity contribution in [3.05, 3.63) is 77.9 Å². The van der Waals surface area contributed by atoms with Gasteiger partial charge in [-0.3, -0.25) is 5.10 Å². The Balaban J connectivity index is 1.66. The number of aromatic nitrogens is 3. The van der Waals surface area contributed by atoms with E-state index in [1.54, 1.807) is 0 Å². The number of aromatic amines is 1. The minimum absolute atomic E-state index is 0.332. The predicted octanol–water partition coefficient (Wildman–Crippen LogP) is 2.43. The van der Waals surface area contributed by atoms with E-state index in [1.165, 1.54) is 0 Å². The van der Waals surface area contributed by atoms with E-state index in [0.717, 1.165) is 11.3 Å². The summed E-state index contributed by atoms with van der Waals surface area (Å²) in [6, 6.07) is 19.0. The van der Waals surface area contributed by atoms with Crippen LogP contribution in [0.2, 0.25) is 0 Å². The molecule has 0 fully saturated rings. The van der Waals surface area contributed by atoms with Crippen LogP contribution >= 0.6 is 0 Å². The fraction of sp³-hybridized carbons (Fsp3) is 0.125. The summed E-state index contributed by atoms with van der Waals surface area (Å²) in [6.45, 7) is 0.332. The van der Waals surface area contributed by atoms with E-state index < -0.39 is 0 Å². The van der Waals surface area contributed by atoms with Crippen molar-refractivity contribution in [3.8, 4) is 5.75 Å². The van der Waals surface area contributed by atoms with Crippen molar-refractivity contribution < 1.29 is 4.74 Å². The van der Waals surface area contributed by atoms with E-state index in [-0.39, 0.29) is 6.04 Å². The van der Waals surface area contributed by atoms with Crippen molar-refractivity contribution in [3.63, 3.8) is 0 Å². The molecule has 21 heavy (non-hydrogen) atoms. The predicted molar refractivity (Wildman–Crippen MR) is 79.6 cm³/mol. The van der Waals surface area contributed by atoms with Crippen LogP contribution in [-0.2, 0) is 6.61 Å². The normalized spacial score (nSPS) is 12.0. The smallest absolute Gasteiger partial charge is 0.172 e. The molecular formula is C16H16N4O. The number of ether oxygens (including phenoxy) is 1.